The van der Waals surface area contributed by atoms with Crippen LogP contribution in [0.15, 0.2) is 30.3 Å². The molecule has 10 N–H and O–H groups in total. The fourth-order valence-corrected chi connectivity index (χ4v) is 1.23. The molecule has 11 heteroatoms. The van der Waals surface area contributed by atoms with E-state index in [-0.39, 0.29) is 0 Å². The third-order valence-electron chi connectivity index (χ3n) is 2.72. The van der Waals surface area contributed by atoms with Crippen molar-refractivity contribution in [1.29, 1.82) is 0 Å². The summed E-state index contributed by atoms with van der Waals surface area (Å²) in [5.74, 6) is -4.42. The third kappa shape index (κ3) is 16.2. The second kappa shape index (κ2) is 14.2. The Balaban J connectivity index is 0. The van der Waals surface area contributed by atoms with Crippen LogP contribution in [0.3, 0.4) is 0 Å². The largest absolute Gasteiger partial charge is 0.481 e. The summed E-state index contributed by atoms with van der Waals surface area (Å²) in [6.07, 6.45) is -0.147. The number of benzene rings is 1. The normalized spacial score (nSPS) is 12.7. The van der Waals surface area contributed by atoms with Gasteiger partial charge in [0.2, 0.25) is 0 Å². The van der Waals surface area contributed by atoms with Crippen molar-refractivity contribution in [1.82, 2.24) is 0 Å². The summed E-state index contributed by atoms with van der Waals surface area (Å²) in [7, 11) is 0. The van der Waals surface area contributed by atoms with Gasteiger partial charge in [-0.05, 0) is 18.9 Å². The number of nitrogens with two attached hydrogens (primary N) is 3. The van der Waals surface area contributed by atoms with Gasteiger partial charge >= 0.3 is 23.9 Å². The molecule has 27 heavy (non-hydrogen) atoms. The molecule has 3 unspecified atom stereocenters. The fourth-order valence-electron chi connectivity index (χ4n) is 1.23. The van der Waals surface area contributed by atoms with Gasteiger partial charge in [0.15, 0.2) is 0 Å². The van der Waals surface area contributed by atoms with E-state index in [4.69, 9.17) is 37.6 Å². The van der Waals surface area contributed by atoms with Crippen LogP contribution in [-0.4, -0.2) is 62.4 Å². The average Bonchev–Trinajstić information content (AvgIpc) is 2.56. The van der Waals surface area contributed by atoms with E-state index in [0.29, 0.717) is 6.42 Å². The molecule has 0 aliphatic carbocycles. The standard InChI is InChI=1S/C9H11NO2.C4H7NO4.C3H7NO2/c10-8(9(11)12)6-7-4-2-1-3-5-7;5-2(4(8)9)1-3(6)7;1-2(4)3(5)6/h1-5,8H,6,10H2,(H,11,12);2H,1,5H2,(H,6,7)(H,8,9);2H,4H2,1H3,(H,5,6). The lowest BCUT2D eigenvalue weighted by atomic mass is 10.1. The minimum atomic E-state index is -1.29. The molecule has 0 saturated heterocycles. The van der Waals surface area contributed by atoms with Gasteiger partial charge in [-0.25, -0.2) is 0 Å². The highest BCUT2D eigenvalue weighted by Crippen LogP contribution is 2.01. The van der Waals surface area contributed by atoms with Crippen molar-refractivity contribution < 1.29 is 39.6 Å². The minimum Gasteiger partial charge on any atom is -0.481 e. The molecule has 1 aromatic carbocycles. The molecule has 0 saturated carbocycles. The summed E-state index contributed by atoms with van der Waals surface area (Å²) in [4.78, 5) is 39.6. The van der Waals surface area contributed by atoms with Gasteiger partial charge < -0.3 is 37.6 Å². The summed E-state index contributed by atoms with van der Waals surface area (Å²) in [6.45, 7) is 1.42. The molecule has 1 aromatic rings. The molecule has 1 rings (SSSR count). The molecule has 0 amide bonds. The van der Waals surface area contributed by atoms with Crippen LogP contribution < -0.4 is 17.2 Å². The number of rotatable bonds is 7. The lowest BCUT2D eigenvalue weighted by Crippen LogP contribution is -2.32. The number of aliphatic carboxylic acids is 4. The molecule has 11 nitrogen and oxygen atoms in total. The van der Waals surface area contributed by atoms with E-state index >= 15 is 0 Å². The molecule has 0 bridgehead atoms. The second-order valence-corrected chi connectivity index (χ2v) is 5.30. The van der Waals surface area contributed by atoms with Crippen molar-refractivity contribution in [3.8, 4) is 0 Å². The first-order valence-electron chi connectivity index (χ1n) is 7.59. The van der Waals surface area contributed by atoms with E-state index in [0.717, 1.165) is 5.56 Å². The van der Waals surface area contributed by atoms with Gasteiger partial charge in [0.1, 0.15) is 18.1 Å². The maximum absolute atomic E-state index is 10.4. The summed E-state index contributed by atoms with van der Waals surface area (Å²) in [5.41, 5.74) is 16.0. The first kappa shape index (κ1) is 26.2. The third-order valence-corrected chi connectivity index (χ3v) is 2.72. The van der Waals surface area contributed by atoms with Crippen molar-refractivity contribution >= 4 is 23.9 Å². The number of carbonyl (C=O) groups is 4. The van der Waals surface area contributed by atoms with Gasteiger partial charge in [-0.1, -0.05) is 30.3 Å². The van der Waals surface area contributed by atoms with Crippen LogP contribution in [0.1, 0.15) is 18.9 Å². The van der Waals surface area contributed by atoms with Crippen LogP contribution in [0.2, 0.25) is 0 Å². The van der Waals surface area contributed by atoms with E-state index in [2.05, 4.69) is 0 Å². The minimum absolute atomic E-state index is 0.385. The predicted octanol–water partition coefficient (Wildman–Crippen LogP) is -1.07. The second-order valence-electron chi connectivity index (χ2n) is 5.30. The molecule has 0 heterocycles. The van der Waals surface area contributed by atoms with Crippen molar-refractivity contribution in [2.75, 3.05) is 0 Å². The van der Waals surface area contributed by atoms with Gasteiger partial charge in [-0.2, -0.15) is 0 Å². The molecule has 3 atom stereocenters. The average molecular weight is 387 g/mol. The van der Waals surface area contributed by atoms with Gasteiger partial charge in [0, 0.05) is 0 Å². The van der Waals surface area contributed by atoms with Crippen molar-refractivity contribution in [3.05, 3.63) is 35.9 Å². The smallest absolute Gasteiger partial charge is 0.321 e. The highest BCUT2D eigenvalue weighted by Gasteiger charge is 2.14. The van der Waals surface area contributed by atoms with Crippen LogP contribution in [0.4, 0.5) is 0 Å². The van der Waals surface area contributed by atoms with E-state index in [1.54, 1.807) is 0 Å². The Labute approximate surface area is 155 Å². The maximum atomic E-state index is 10.4. The maximum Gasteiger partial charge on any atom is 0.321 e. The van der Waals surface area contributed by atoms with E-state index in [1.807, 2.05) is 30.3 Å². The van der Waals surface area contributed by atoms with E-state index in [1.165, 1.54) is 6.92 Å². The van der Waals surface area contributed by atoms with Crippen molar-refractivity contribution in [3.63, 3.8) is 0 Å². The van der Waals surface area contributed by atoms with Gasteiger partial charge in [-0.15, -0.1) is 0 Å². The quantitative estimate of drug-likeness (QED) is 0.298. The Morgan fingerprint density at radius 1 is 0.815 bits per heavy atom. The number of carboxylic acids is 4. The number of carboxylic acid groups (broad SMARTS) is 4. The summed E-state index contributed by atoms with van der Waals surface area (Å²) < 4.78 is 0. The number of hydrogen-bond acceptors (Lipinski definition) is 7. The predicted molar refractivity (Wildman–Crippen MR) is 94.9 cm³/mol. The van der Waals surface area contributed by atoms with Crippen LogP contribution >= 0.6 is 0 Å². The molecule has 0 aliphatic rings. The molecule has 0 radical (unpaired) electrons. The molecular weight excluding hydrogens is 362 g/mol. The Morgan fingerprint density at radius 3 is 1.48 bits per heavy atom. The van der Waals surface area contributed by atoms with Crippen LogP contribution in [0.5, 0.6) is 0 Å². The van der Waals surface area contributed by atoms with E-state index < -0.39 is 48.4 Å². The molecular formula is C16H25N3O8. The molecule has 0 spiro atoms. The lowest BCUT2D eigenvalue weighted by molar-refractivity contribution is -0.144. The molecule has 0 aliphatic heterocycles. The molecule has 0 fully saturated rings. The van der Waals surface area contributed by atoms with Gasteiger partial charge in [-0.3, -0.25) is 19.2 Å². The van der Waals surface area contributed by atoms with Crippen LogP contribution in [-0.2, 0) is 25.6 Å². The zero-order valence-corrected chi connectivity index (χ0v) is 14.7. The van der Waals surface area contributed by atoms with E-state index in [9.17, 15) is 19.2 Å². The lowest BCUT2D eigenvalue weighted by Gasteiger charge is -2.04. The zero-order chi connectivity index (χ0) is 21.6. The first-order chi connectivity index (χ1) is 12.4. The Kier molecular flexibility index (Phi) is 13.8. The van der Waals surface area contributed by atoms with Crippen molar-refractivity contribution in [2.24, 2.45) is 17.2 Å². The van der Waals surface area contributed by atoms with Crippen LogP contribution in [0.25, 0.3) is 0 Å². The number of hydrogen-bond donors (Lipinski definition) is 7. The Bertz CT molecular complexity index is 607. The van der Waals surface area contributed by atoms with Crippen LogP contribution in [0, 0.1) is 0 Å². The SMILES string of the molecule is CC(N)C(=O)O.NC(CC(=O)O)C(=O)O.NC(Cc1ccccc1)C(=O)O. The fraction of sp³-hybridized carbons (Fsp3) is 0.375. The molecule has 0 aromatic heterocycles. The van der Waals surface area contributed by atoms with Crippen molar-refractivity contribution in [2.45, 2.75) is 37.9 Å². The first-order valence-corrected chi connectivity index (χ1v) is 7.59. The molecule has 152 valence electrons. The van der Waals surface area contributed by atoms with Gasteiger partial charge in [0.25, 0.3) is 0 Å². The topological polar surface area (TPSA) is 227 Å². The summed E-state index contributed by atoms with van der Waals surface area (Å²) >= 11 is 0. The Hall–Kier alpha value is -3.02. The highest BCUT2D eigenvalue weighted by molar-refractivity contribution is 5.80. The monoisotopic (exact) mass is 387 g/mol. The zero-order valence-electron chi connectivity index (χ0n) is 14.7. The van der Waals surface area contributed by atoms with Gasteiger partial charge in [0.05, 0.1) is 6.42 Å². The Morgan fingerprint density at radius 2 is 1.22 bits per heavy atom. The summed E-state index contributed by atoms with van der Waals surface area (Å²) in [6, 6.07) is 6.52. The highest BCUT2D eigenvalue weighted by atomic mass is 16.4. The summed E-state index contributed by atoms with van der Waals surface area (Å²) in [5, 5.41) is 32.4.